The molecule has 0 spiro atoms. The first kappa shape index (κ1) is 7.31. The van der Waals surface area contributed by atoms with Crippen molar-refractivity contribution in [2.45, 2.75) is 6.42 Å². The molecular weight excluding hydrogens is 136 g/mol. The Morgan fingerprint density at radius 2 is 1.91 bits per heavy atom. The summed E-state index contributed by atoms with van der Waals surface area (Å²) < 4.78 is 0. The quantitative estimate of drug-likeness (QED) is 0.518. The van der Waals surface area contributed by atoms with Gasteiger partial charge in [0.05, 0.1) is 11.1 Å². The number of rotatable bonds is 0. The molecule has 0 saturated heterocycles. The third kappa shape index (κ3) is 1.56. The summed E-state index contributed by atoms with van der Waals surface area (Å²) in [5, 5.41) is 17.2. The predicted octanol–water partition coefficient (Wildman–Crippen LogP) is 1.85. The van der Waals surface area contributed by atoms with Crippen molar-refractivity contribution >= 4 is 0 Å². The molecule has 2 nitrogen and oxygen atoms in total. The summed E-state index contributed by atoms with van der Waals surface area (Å²) in [4.78, 5) is 0. The van der Waals surface area contributed by atoms with E-state index in [2.05, 4.69) is 0 Å². The fraction of sp³-hybridized carbons (Fsp3) is 0.111. The zero-order valence-corrected chi connectivity index (χ0v) is 5.91. The highest BCUT2D eigenvalue weighted by atomic mass is 14.3. The van der Waals surface area contributed by atoms with Crippen molar-refractivity contribution < 1.29 is 0 Å². The molecule has 1 aliphatic carbocycles. The van der Waals surface area contributed by atoms with Gasteiger partial charge in [0, 0.05) is 0 Å². The van der Waals surface area contributed by atoms with Crippen molar-refractivity contribution in [3.63, 3.8) is 0 Å². The molecule has 0 radical (unpaired) electrons. The van der Waals surface area contributed by atoms with E-state index in [0.717, 1.165) is 6.42 Å². The van der Waals surface area contributed by atoms with Crippen LogP contribution in [0.15, 0.2) is 35.5 Å². The van der Waals surface area contributed by atoms with Crippen molar-refractivity contribution in [1.82, 2.24) is 0 Å². The minimum absolute atomic E-state index is 0.446. The summed E-state index contributed by atoms with van der Waals surface area (Å²) in [6.45, 7) is 0. The summed E-state index contributed by atoms with van der Waals surface area (Å²) in [5.74, 6) is 0. The van der Waals surface area contributed by atoms with Gasteiger partial charge in [0.15, 0.2) is 0 Å². The summed E-state index contributed by atoms with van der Waals surface area (Å²) in [7, 11) is 0. The Balaban J connectivity index is 3.06. The van der Waals surface area contributed by atoms with Crippen LogP contribution in [0.25, 0.3) is 0 Å². The predicted molar refractivity (Wildman–Crippen MR) is 41.1 cm³/mol. The van der Waals surface area contributed by atoms with Crippen LogP contribution in [-0.4, -0.2) is 0 Å². The molecule has 0 fully saturated rings. The molecule has 0 aromatic heterocycles. The molecule has 11 heavy (non-hydrogen) atoms. The van der Waals surface area contributed by atoms with Gasteiger partial charge >= 0.3 is 0 Å². The van der Waals surface area contributed by atoms with Gasteiger partial charge in [-0.15, -0.1) is 0 Å². The van der Waals surface area contributed by atoms with Gasteiger partial charge in [-0.25, -0.2) is 0 Å². The fourth-order valence-electron chi connectivity index (χ4n) is 0.832. The van der Waals surface area contributed by atoms with Crippen LogP contribution in [0, 0.1) is 22.7 Å². The molecule has 0 atom stereocenters. The van der Waals surface area contributed by atoms with Crippen LogP contribution in [0.4, 0.5) is 0 Å². The smallest absolute Gasteiger partial charge is 0.100 e. The molecular formula is C9H6N2. The van der Waals surface area contributed by atoms with Crippen LogP contribution in [0.3, 0.4) is 0 Å². The summed E-state index contributed by atoms with van der Waals surface area (Å²) in [6.07, 6.45) is 7.83. The molecule has 0 amide bonds. The van der Waals surface area contributed by atoms with Crippen molar-refractivity contribution in [2.75, 3.05) is 0 Å². The van der Waals surface area contributed by atoms with Gasteiger partial charge in [0.2, 0.25) is 0 Å². The summed E-state index contributed by atoms with van der Waals surface area (Å²) in [5.41, 5.74) is 0.916. The van der Waals surface area contributed by atoms with E-state index in [9.17, 15) is 0 Å². The second-order valence-electron chi connectivity index (χ2n) is 2.09. The average Bonchev–Trinajstić information content (AvgIpc) is 2.27. The minimum atomic E-state index is 0.446. The largest absolute Gasteiger partial charge is 0.192 e. The zero-order valence-electron chi connectivity index (χ0n) is 5.91. The van der Waals surface area contributed by atoms with E-state index in [4.69, 9.17) is 10.5 Å². The average molecular weight is 142 g/mol. The Kier molecular flexibility index (Phi) is 2.25. The highest BCUT2D eigenvalue weighted by Gasteiger charge is 2.02. The lowest BCUT2D eigenvalue weighted by molar-refractivity contribution is 1.36. The van der Waals surface area contributed by atoms with E-state index in [1.54, 1.807) is 18.2 Å². The number of nitrogens with zero attached hydrogens (tertiary/aromatic N) is 2. The van der Waals surface area contributed by atoms with Gasteiger partial charge in [-0.05, 0) is 12.5 Å². The molecule has 2 heteroatoms. The Hall–Kier alpha value is -1.80. The molecule has 1 aliphatic rings. The van der Waals surface area contributed by atoms with Gasteiger partial charge in [0.1, 0.15) is 12.1 Å². The zero-order chi connectivity index (χ0) is 8.10. The van der Waals surface area contributed by atoms with Crippen LogP contribution >= 0.6 is 0 Å². The molecule has 0 aromatic rings. The second-order valence-corrected chi connectivity index (χ2v) is 2.09. The minimum Gasteiger partial charge on any atom is -0.192 e. The maximum absolute atomic E-state index is 8.58. The third-order valence-electron chi connectivity index (χ3n) is 1.39. The lowest BCUT2D eigenvalue weighted by Gasteiger charge is -1.88. The maximum atomic E-state index is 8.58. The molecule has 1 rings (SSSR count). The normalized spacial score (nSPS) is 15.5. The Morgan fingerprint density at radius 1 is 1.18 bits per heavy atom. The summed E-state index contributed by atoms with van der Waals surface area (Å²) >= 11 is 0. The maximum Gasteiger partial charge on any atom is 0.100 e. The van der Waals surface area contributed by atoms with E-state index in [1.165, 1.54) is 0 Å². The highest BCUT2D eigenvalue weighted by Crippen LogP contribution is 2.12. The Bertz CT molecular complexity index is 318. The molecule has 0 aromatic carbocycles. The second kappa shape index (κ2) is 3.39. The van der Waals surface area contributed by atoms with E-state index < -0.39 is 0 Å². The fourth-order valence-corrected chi connectivity index (χ4v) is 0.832. The molecule has 0 unspecified atom stereocenters. The number of allylic oxidation sites excluding steroid dienone is 6. The summed E-state index contributed by atoms with van der Waals surface area (Å²) in [6, 6.07) is 3.94. The van der Waals surface area contributed by atoms with Crippen LogP contribution in [0.5, 0.6) is 0 Å². The van der Waals surface area contributed by atoms with E-state index >= 15 is 0 Å². The van der Waals surface area contributed by atoms with Crippen molar-refractivity contribution in [3.05, 3.63) is 35.5 Å². The topological polar surface area (TPSA) is 47.6 Å². The molecule has 0 N–H and O–H groups in total. The lowest BCUT2D eigenvalue weighted by Crippen LogP contribution is -1.81. The third-order valence-corrected chi connectivity index (χ3v) is 1.39. The SMILES string of the molecule is N#CC1=CC=CCC=C1C#N. The van der Waals surface area contributed by atoms with Crippen molar-refractivity contribution in [2.24, 2.45) is 0 Å². The van der Waals surface area contributed by atoms with Crippen molar-refractivity contribution in [3.8, 4) is 12.1 Å². The first-order chi connectivity index (χ1) is 5.38. The Labute approximate surface area is 65.4 Å². The monoisotopic (exact) mass is 142 g/mol. The van der Waals surface area contributed by atoms with Crippen molar-refractivity contribution in [1.29, 1.82) is 10.5 Å². The molecule has 0 aliphatic heterocycles. The van der Waals surface area contributed by atoms with Crippen LogP contribution in [0.1, 0.15) is 6.42 Å². The first-order valence-corrected chi connectivity index (χ1v) is 3.26. The number of hydrogen-bond acceptors (Lipinski definition) is 2. The van der Waals surface area contributed by atoms with Gasteiger partial charge in [-0.3, -0.25) is 0 Å². The van der Waals surface area contributed by atoms with Crippen LogP contribution in [-0.2, 0) is 0 Å². The highest BCUT2D eigenvalue weighted by molar-refractivity contribution is 5.52. The standard InChI is InChI=1S/C9H6N2/c10-6-8-4-2-1-3-5-9(8)7-11/h1-2,4-5H,3H2. The molecule has 0 saturated carbocycles. The van der Waals surface area contributed by atoms with Gasteiger partial charge < -0.3 is 0 Å². The van der Waals surface area contributed by atoms with Gasteiger partial charge in [-0.2, -0.15) is 10.5 Å². The molecule has 0 bridgehead atoms. The van der Waals surface area contributed by atoms with E-state index in [1.807, 2.05) is 18.2 Å². The van der Waals surface area contributed by atoms with Gasteiger partial charge in [-0.1, -0.05) is 18.2 Å². The van der Waals surface area contributed by atoms with E-state index in [-0.39, 0.29) is 0 Å². The molecule has 0 heterocycles. The van der Waals surface area contributed by atoms with E-state index in [0.29, 0.717) is 11.1 Å². The number of nitriles is 2. The lowest BCUT2D eigenvalue weighted by atomic mass is 10.1. The van der Waals surface area contributed by atoms with Gasteiger partial charge in [0.25, 0.3) is 0 Å². The molecule has 52 valence electrons. The number of hydrogen-bond donors (Lipinski definition) is 0. The Morgan fingerprint density at radius 3 is 2.55 bits per heavy atom. The van der Waals surface area contributed by atoms with Crippen LogP contribution < -0.4 is 0 Å². The first-order valence-electron chi connectivity index (χ1n) is 3.26. The van der Waals surface area contributed by atoms with Crippen LogP contribution in [0.2, 0.25) is 0 Å².